The fourth-order valence-electron chi connectivity index (χ4n) is 2.30. The number of methoxy groups -OCH3 is 2. The maximum Gasteiger partial charge on any atom is 0.200 e. The van der Waals surface area contributed by atoms with Gasteiger partial charge in [-0.3, -0.25) is 9.67 Å². The molecule has 23 heavy (non-hydrogen) atoms. The Bertz CT molecular complexity index is 887. The molecule has 0 atom stereocenters. The smallest absolute Gasteiger partial charge is 0.200 e. The van der Waals surface area contributed by atoms with Crippen molar-refractivity contribution in [3.05, 3.63) is 52.3 Å². The van der Waals surface area contributed by atoms with Crippen LogP contribution < -0.4 is 9.47 Å². The molecular formula is C16H14ClN3O2S. The third-order valence-electron chi connectivity index (χ3n) is 3.40. The zero-order chi connectivity index (χ0) is 16.4. The van der Waals surface area contributed by atoms with Crippen LogP contribution in [0.5, 0.6) is 11.5 Å². The number of aromatic nitrogens is 3. The third kappa shape index (κ3) is 2.95. The number of nitrogens with one attached hydrogen (secondary N) is 1. The van der Waals surface area contributed by atoms with Crippen molar-refractivity contribution < 1.29 is 9.47 Å². The molecule has 0 saturated heterocycles. The Kier molecular flexibility index (Phi) is 4.36. The minimum Gasteiger partial charge on any atom is -0.493 e. The molecule has 1 aromatic heterocycles. The van der Waals surface area contributed by atoms with Crippen LogP contribution >= 0.6 is 23.8 Å². The van der Waals surface area contributed by atoms with E-state index in [1.54, 1.807) is 14.2 Å². The molecule has 0 fully saturated rings. The van der Waals surface area contributed by atoms with Gasteiger partial charge in [-0.05, 0) is 54.7 Å². The first-order chi connectivity index (χ1) is 11.1. The molecular weight excluding hydrogens is 334 g/mol. The predicted octanol–water partition coefficient (Wildman–Crippen LogP) is 4.27. The van der Waals surface area contributed by atoms with Crippen molar-refractivity contribution in [1.29, 1.82) is 0 Å². The lowest BCUT2D eigenvalue weighted by Gasteiger charge is -2.11. The molecule has 2 aromatic carbocycles. The highest BCUT2D eigenvalue weighted by atomic mass is 35.5. The summed E-state index contributed by atoms with van der Waals surface area (Å²) < 4.78 is 13.0. The van der Waals surface area contributed by atoms with E-state index in [0.29, 0.717) is 27.1 Å². The number of rotatable bonds is 4. The maximum absolute atomic E-state index is 5.95. The summed E-state index contributed by atoms with van der Waals surface area (Å²) in [4.78, 5) is 0. The summed E-state index contributed by atoms with van der Waals surface area (Å²) in [6.45, 7) is 0. The molecule has 7 heteroatoms. The van der Waals surface area contributed by atoms with Gasteiger partial charge in [0.15, 0.2) is 22.1 Å². The van der Waals surface area contributed by atoms with Gasteiger partial charge < -0.3 is 9.47 Å². The Balaban J connectivity index is 2.15. The summed E-state index contributed by atoms with van der Waals surface area (Å²) in [5.74, 6) is 1.96. The van der Waals surface area contributed by atoms with Crippen LogP contribution in [-0.2, 0) is 0 Å². The molecule has 0 aliphatic carbocycles. The number of aromatic amines is 1. The van der Waals surface area contributed by atoms with Gasteiger partial charge in [0.1, 0.15) is 0 Å². The van der Waals surface area contributed by atoms with Crippen LogP contribution in [-0.4, -0.2) is 29.0 Å². The van der Waals surface area contributed by atoms with Crippen LogP contribution in [0, 0.1) is 4.77 Å². The second kappa shape index (κ2) is 6.44. The number of hydrogen-bond acceptors (Lipinski definition) is 4. The van der Waals surface area contributed by atoms with Gasteiger partial charge >= 0.3 is 0 Å². The quantitative estimate of drug-likeness (QED) is 0.716. The van der Waals surface area contributed by atoms with Crippen molar-refractivity contribution in [3.8, 4) is 28.6 Å². The van der Waals surface area contributed by atoms with E-state index >= 15 is 0 Å². The summed E-state index contributed by atoms with van der Waals surface area (Å²) in [7, 11) is 3.19. The molecule has 1 N–H and O–H groups in total. The second-order valence-corrected chi connectivity index (χ2v) is 5.56. The Labute approximate surface area is 143 Å². The first kappa shape index (κ1) is 15.6. The lowest BCUT2D eigenvalue weighted by Crippen LogP contribution is -1.98. The van der Waals surface area contributed by atoms with Gasteiger partial charge in [-0.25, -0.2) is 0 Å². The molecule has 0 aliphatic heterocycles. The number of hydrogen-bond donors (Lipinski definition) is 1. The highest BCUT2D eigenvalue weighted by Crippen LogP contribution is 2.32. The Morgan fingerprint density at radius 3 is 2.39 bits per heavy atom. The minimum absolute atomic E-state index is 0.497. The van der Waals surface area contributed by atoms with Crippen molar-refractivity contribution in [2.45, 2.75) is 0 Å². The van der Waals surface area contributed by atoms with Crippen LogP contribution in [0.3, 0.4) is 0 Å². The Morgan fingerprint density at radius 2 is 1.74 bits per heavy atom. The van der Waals surface area contributed by atoms with E-state index in [4.69, 9.17) is 33.3 Å². The molecule has 0 unspecified atom stereocenters. The van der Waals surface area contributed by atoms with Gasteiger partial charge in [0.2, 0.25) is 0 Å². The van der Waals surface area contributed by atoms with Crippen LogP contribution in [0.4, 0.5) is 0 Å². The van der Waals surface area contributed by atoms with E-state index in [1.165, 1.54) is 0 Å². The van der Waals surface area contributed by atoms with E-state index in [-0.39, 0.29) is 0 Å². The standard InChI is InChI=1S/C16H14ClN3O2S/c1-21-13-8-3-10(9-14(13)22-2)15-18-19-16(23)20(15)12-6-4-11(17)5-7-12/h3-9H,1-2H3,(H,19,23). The zero-order valence-electron chi connectivity index (χ0n) is 12.5. The number of ether oxygens (including phenoxy) is 2. The summed E-state index contributed by atoms with van der Waals surface area (Å²) >= 11 is 11.3. The van der Waals surface area contributed by atoms with E-state index in [9.17, 15) is 0 Å². The van der Waals surface area contributed by atoms with E-state index in [1.807, 2.05) is 47.0 Å². The van der Waals surface area contributed by atoms with Crippen molar-refractivity contribution in [1.82, 2.24) is 14.8 Å². The predicted molar refractivity (Wildman–Crippen MR) is 92.3 cm³/mol. The third-order valence-corrected chi connectivity index (χ3v) is 3.92. The lowest BCUT2D eigenvalue weighted by molar-refractivity contribution is 0.355. The average molecular weight is 348 g/mol. The molecule has 0 amide bonds. The highest BCUT2D eigenvalue weighted by molar-refractivity contribution is 7.71. The fraction of sp³-hybridized carbons (Fsp3) is 0.125. The molecule has 3 rings (SSSR count). The molecule has 0 aliphatic rings. The molecule has 0 saturated carbocycles. The minimum atomic E-state index is 0.497. The fourth-order valence-corrected chi connectivity index (χ4v) is 2.66. The van der Waals surface area contributed by atoms with Gasteiger partial charge in [0, 0.05) is 10.6 Å². The van der Waals surface area contributed by atoms with Crippen LogP contribution in [0.15, 0.2) is 42.5 Å². The van der Waals surface area contributed by atoms with Crippen molar-refractivity contribution in [2.24, 2.45) is 0 Å². The molecule has 0 radical (unpaired) electrons. The molecule has 0 bridgehead atoms. The largest absolute Gasteiger partial charge is 0.493 e. The molecule has 5 nitrogen and oxygen atoms in total. The second-order valence-electron chi connectivity index (χ2n) is 4.73. The Morgan fingerprint density at radius 1 is 1.04 bits per heavy atom. The van der Waals surface area contributed by atoms with Gasteiger partial charge in [0.25, 0.3) is 0 Å². The van der Waals surface area contributed by atoms with Gasteiger partial charge in [-0.2, -0.15) is 5.10 Å². The number of benzene rings is 2. The maximum atomic E-state index is 5.95. The van der Waals surface area contributed by atoms with Crippen molar-refractivity contribution >= 4 is 23.8 Å². The summed E-state index contributed by atoms with van der Waals surface area (Å²) in [6, 6.07) is 13.0. The molecule has 3 aromatic rings. The number of H-pyrrole nitrogens is 1. The molecule has 118 valence electrons. The summed E-state index contributed by atoms with van der Waals surface area (Å²) in [5.41, 5.74) is 1.72. The van der Waals surface area contributed by atoms with Crippen molar-refractivity contribution in [2.75, 3.05) is 14.2 Å². The first-order valence-electron chi connectivity index (χ1n) is 6.80. The molecule has 1 heterocycles. The van der Waals surface area contributed by atoms with Gasteiger partial charge in [0.05, 0.1) is 19.9 Å². The Hall–Kier alpha value is -2.31. The highest BCUT2D eigenvalue weighted by Gasteiger charge is 2.13. The van der Waals surface area contributed by atoms with Crippen LogP contribution in [0.2, 0.25) is 5.02 Å². The van der Waals surface area contributed by atoms with Crippen LogP contribution in [0.1, 0.15) is 0 Å². The van der Waals surface area contributed by atoms with Gasteiger partial charge in [-0.1, -0.05) is 11.6 Å². The van der Waals surface area contributed by atoms with Crippen molar-refractivity contribution in [3.63, 3.8) is 0 Å². The summed E-state index contributed by atoms with van der Waals surface area (Å²) in [5, 5.41) is 7.82. The van der Waals surface area contributed by atoms with E-state index in [0.717, 1.165) is 11.3 Å². The van der Waals surface area contributed by atoms with E-state index in [2.05, 4.69) is 10.2 Å². The summed E-state index contributed by atoms with van der Waals surface area (Å²) in [6.07, 6.45) is 0. The first-order valence-corrected chi connectivity index (χ1v) is 7.58. The van der Waals surface area contributed by atoms with Gasteiger partial charge in [-0.15, -0.1) is 0 Å². The number of nitrogens with zero attached hydrogens (tertiary/aromatic N) is 2. The normalized spacial score (nSPS) is 10.6. The average Bonchev–Trinajstić information content (AvgIpc) is 2.96. The van der Waals surface area contributed by atoms with E-state index < -0.39 is 0 Å². The lowest BCUT2D eigenvalue weighted by atomic mass is 10.2. The topological polar surface area (TPSA) is 52.1 Å². The number of halogens is 1. The molecule has 0 spiro atoms. The van der Waals surface area contributed by atoms with Crippen LogP contribution in [0.25, 0.3) is 17.1 Å². The zero-order valence-corrected chi connectivity index (χ0v) is 14.1. The monoisotopic (exact) mass is 347 g/mol. The SMILES string of the molecule is COc1ccc(-c2n[nH]c(=S)n2-c2ccc(Cl)cc2)cc1OC.